The van der Waals surface area contributed by atoms with Crippen molar-refractivity contribution >= 4 is 0 Å². The Hall–Kier alpha value is -2.53. The number of aliphatic hydroxyl groups is 1. The molecule has 1 heterocycles. The van der Waals surface area contributed by atoms with Gasteiger partial charge in [0.15, 0.2) is 5.76 Å². The Bertz CT molecular complexity index is 720. The summed E-state index contributed by atoms with van der Waals surface area (Å²) in [5.41, 5.74) is 1.70. The monoisotopic (exact) mass is 287 g/mol. The van der Waals surface area contributed by atoms with Crippen LogP contribution in [0.15, 0.2) is 53.1 Å². The summed E-state index contributed by atoms with van der Waals surface area (Å²) in [7, 11) is 0. The number of halogens is 2. The molecule has 3 nitrogen and oxygen atoms in total. The summed E-state index contributed by atoms with van der Waals surface area (Å²) in [5, 5.41) is 13.4. The van der Waals surface area contributed by atoms with Crippen LogP contribution in [0.3, 0.4) is 0 Å². The van der Waals surface area contributed by atoms with Crippen molar-refractivity contribution in [2.75, 3.05) is 0 Å². The minimum absolute atomic E-state index is 0.274. The quantitative estimate of drug-likeness (QED) is 0.797. The van der Waals surface area contributed by atoms with Gasteiger partial charge in [-0.1, -0.05) is 29.4 Å². The minimum Gasteiger partial charge on any atom is -0.391 e. The number of nitrogens with zero attached hydrogens (tertiary/aromatic N) is 1. The topological polar surface area (TPSA) is 46.3 Å². The Morgan fingerprint density at radius 2 is 1.57 bits per heavy atom. The average Bonchev–Trinajstić information content (AvgIpc) is 2.91. The molecular formula is C16H11F2NO2. The summed E-state index contributed by atoms with van der Waals surface area (Å²) in [4.78, 5) is 0. The third kappa shape index (κ3) is 2.55. The van der Waals surface area contributed by atoms with Crippen LogP contribution < -0.4 is 0 Å². The van der Waals surface area contributed by atoms with E-state index in [9.17, 15) is 13.9 Å². The van der Waals surface area contributed by atoms with Gasteiger partial charge in [-0.3, -0.25) is 0 Å². The normalized spacial score (nSPS) is 10.8. The van der Waals surface area contributed by atoms with Gasteiger partial charge < -0.3 is 9.63 Å². The second-order valence-electron chi connectivity index (χ2n) is 4.52. The van der Waals surface area contributed by atoms with E-state index in [2.05, 4.69) is 5.16 Å². The molecule has 0 saturated heterocycles. The van der Waals surface area contributed by atoms with Crippen molar-refractivity contribution in [1.82, 2.24) is 5.16 Å². The van der Waals surface area contributed by atoms with E-state index in [-0.39, 0.29) is 12.4 Å². The molecule has 0 aliphatic carbocycles. The highest BCUT2D eigenvalue weighted by Crippen LogP contribution is 2.32. The zero-order chi connectivity index (χ0) is 14.8. The van der Waals surface area contributed by atoms with Crippen LogP contribution in [0.2, 0.25) is 0 Å². The van der Waals surface area contributed by atoms with E-state index < -0.39 is 11.6 Å². The maximum Gasteiger partial charge on any atom is 0.173 e. The summed E-state index contributed by atoms with van der Waals surface area (Å²) in [6, 6.07) is 11.6. The van der Waals surface area contributed by atoms with Gasteiger partial charge in [-0.2, -0.15) is 0 Å². The molecular weight excluding hydrogens is 276 g/mol. The largest absolute Gasteiger partial charge is 0.391 e. The summed E-state index contributed by atoms with van der Waals surface area (Å²) in [5.74, 6) is -0.553. The van der Waals surface area contributed by atoms with Crippen molar-refractivity contribution in [3.05, 3.63) is 65.7 Å². The molecule has 1 N–H and O–H groups in total. The smallest absolute Gasteiger partial charge is 0.173 e. The predicted octanol–water partition coefficient (Wildman–Crippen LogP) is 3.78. The Morgan fingerprint density at radius 1 is 0.952 bits per heavy atom. The van der Waals surface area contributed by atoms with E-state index in [1.54, 1.807) is 18.2 Å². The van der Waals surface area contributed by atoms with Crippen LogP contribution in [0.1, 0.15) is 5.56 Å². The number of hydrogen-bond donors (Lipinski definition) is 1. The Balaban J connectivity index is 2.13. The van der Waals surface area contributed by atoms with Crippen molar-refractivity contribution in [1.29, 1.82) is 0 Å². The number of aliphatic hydroxyl groups excluding tert-OH is 1. The van der Waals surface area contributed by atoms with Crippen molar-refractivity contribution < 1.29 is 18.4 Å². The third-order valence-electron chi connectivity index (χ3n) is 3.13. The molecule has 1 aromatic heterocycles. The van der Waals surface area contributed by atoms with Crippen LogP contribution in [-0.2, 0) is 6.61 Å². The van der Waals surface area contributed by atoms with Gasteiger partial charge in [-0.25, -0.2) is 8.78 Å². The van der Waals surface area contributed by atoms with Gasteiger partial charge in [0.05, 0.1) is 12.2 Å². The molecule has 0 amide bonds. The van der Waals surface area contributed by atoms with E-state index in [4.69, 9.17) is 4.52 Å². The van der Waals surface area contributed by atoms with E-state index in [0.717, 1.165) is 0 Å². The van der Waals surface area contributed by atoms with Crippen molar-refractivity contribution in [3.63, 3.8) is 0 Å². The van der Waals surface area contributed by atoms with E-state index in [1.165, 1.54) is 30.3 Å². The molecule has 21 heavy (non-hydrogen) atoms. The molecule has 0 unspecified atom stereocenters. The number of benzene rings is 2. The molecule has 3 rings (SSSR count). The molecule has 0 fully saturated rings. The predicted molar refractivity (Wildman–Crippen MR) is 73.2 cm³/mol. The molecule has 0 bridgehead atoms. The first-order valence-electron chi connectivity index (χ1n) is 6.30. The standard InChI is InChI=1S/C16H11F2NO2/c17-12-5-1-3-10(7-12)15-14(9-20)16(21-19-15)11-4-2-6-13(18)8-11/h1-8,20H,9H2. The van der Waals surface area contributed by atoms with Crippen molar-refractivity contribution in [2.24, 2.45) is 0 Å². The van der Waals surface area contributed by atoms with Crippen LogP contribution >= 0.6 is 0 Å². The summed E-state index contributed by atoms with van der Waals surface area (Å²) < 4.78 is 31.8. The van der Waals surface area contributed by atoms with Gasteiger partial charge in [0, 0.05) is 11.1 Å². The number of rotatable bonds is 3. The van der Waals surface area contributed by atoms with Gasteiger partial charge in [0.1, 0.15) is 17.3 Å². The molecule has 0 saturated carbocycles. The molecule has 0 spiro atoms. The lowest BCUT2D eigenvalue weighted by molar-refractivity contribution is 0.281. The first-order valence-corrected chi connectivity index (χ1v) is 6.30. The molecule has 0 aliphatic rings. The average molecular weight is 287 g/mol. The van der Waals surface area contributed by atoms with Gasteiger partial charge in [-0.15, -0.1) is 0 Å². The zero-order valence-electron chi connectivity index (χ0n) is 10.9. The van der Waals surface area contributed by atoms with Crippen LogP contribution in [0.5, 0.6) is 0 Å². The molecule has 5 heteroatoms. The highest BCUT2D eigenvalue weighted by Gasteiger charge is 2.18. The van der Waals surface area contributed by atoms with E-state index >= 15 is 0 Å². The molecule has 106 valence electrons. The third-order valence-corrected chi connectivity index (χ3v) is 3.13. The van der Waals surface area contributed by atoms with Gasteiger partial charge in [-0.05, 0) is 24.3 Å². The molecule has 0 aliphatic heterocycles. The second kappa shape index (κ2) is 5.46. The van der Waals surface area contributed by atoms with Crippen LogP contribution in [-0.4, -0.2) is 10.3 Å². The van der Waals surface area contributed by atoms with Gasteiger partial charge in [0.2, 0.25) is 0 Å². The Labute approximate surface area is 119 Å². The summed E-state index contributed by atoms with van der Waals surface area (Å²) in [6.07, 6.45) is 0. The van der Waals surface area contributed by atoms with Crippen molar-refractivity contribution in [3.8, 4) is 22.6 Å². The first-order chi connectivity index (χ1) is 10.2. The van der Waals surface area contributed by atoms with Gasteiger partial charge >= 0.3 is 0 Å². The first kappa shape index (κ1) is 13.5. The highest BCUT2D eigenvalue weighted by molar-refractivity contribution is 5.72. The van der Waals surface area contributed by atoms with Crippen molar-refractivity contribution in [2.45, 2.75) is 6.61 Å². The van der Waals surface area contributed by atoms with E-state index in [0.29, 0.717) is 22.4 Å². The fraction of sp³-hybridized carbons (Fsp3) is 0.0625. The maximum atomic E-state index is 13.3. The van der Waals surface area contributed by atoms with E-state index in [1.807, 2.05) is 0 Å². The zero-order valence-corrected chi connectivity index (χ0v) is 10.9. The highest BCUT2D eigenvalue weighted by atomic mass is 19.1. The maximum absolute atomic E-state index is 13.3. The molecule has 0 atom stereocenters. The lowest BCUT2D eigenvalue weighted by Crippen LogP contribution is -1.90. The number of hydrogen-bond acceptors (Lipinski definition) is 3. The second-order valence-corrected chi connectivity index (χ2v) is 4.52. The number of aromatic nitrogens is 1. The molecule has 2 aromatic carbocycles. The Morgan fingerprint density at radius 3 is 2.19 bits per heavy atom. The van der Waals surface area contributed by atoms with Crippen LogP contribution in [0, 0.1) is 11.6 Å². The molecule has 3 aromatic rings. The SMILES string of the molecule is OCc1c(-c2cccc(F)c2)noc1-c1cccc(F)c1. The van der Waals surface area contributed by atoms with Crippen LogP contribution in [0.4, 0.5) is 8.78 Å². The fourth-order valence-electron chi connectivity index (χ4n) is 2.18. The minimum atomic E-state index is -0.417. The Kier molecular flexibility index (Phi) is 3.50. The fourth-order valence-corrected chi connectivity index (χ4v) is 2.18. The summed E-state index contributed by atoms with van der Waals surface area (Å²) in [6.45, 7) is -0.346. The lowest BCUT2D eigenvalue weighted by atomic mass is 10.0. The summed E-state index contributed by atoms with van der Waals surface area (Å²) >= 11 is 0. The van der Waals surface area contributed by atoms with Crippen LogP contribution in [0.25, 0.3) is 22.6 Å². The lowest BCUT2D eigenvalue weighted by Gasteiger charge is -2.02. The molecule has 0 radical (unpaired) electrons. The van der Waals surface area contributed by atoms with Gasteiger partial charge in [0.25, 0.3) is 0 Å².